The summed E-state index contributed by atoms with van der Waals surface area (Å²) in [5.74, 6) is -0.321. The molecule has 0 N–H and O–H groups in total. The van der Waals surface area contributed by atoms with Crippen LogP contribution in [-0.4, -0.2) is 61.0 Å². The molecule has 0 radical (unpaired) electrons. The molecule has 6 nitrogen and oxygen atoms in total. The molecule has 2 heterocycles. The maximum atomic E-state index is 14.9. The number of carbonyl (C=O) groups excluding carboxylic acids is 1. The van der Waals surface area contributed by atoms with Crippen molar-refractivity contribution in [2.45, 2.75) is 64.3 Å². The largest absolute Gasteiger partial charge is 0.365 e. The molecule has 1 aromatic rings. The molecule has 1 aromatic carbocycles. The third-order valence-electron chi connectivity index (χ3n) is 6.21. The Bertz CT molecular complexity index is 846. The van der Waals surface area contributed by atoms with Gasteiger partial charge in [-0.2, -0.15) is 4.31 Å². The van der Waals surface area contributed by atoms with Crippen molar-refractivity contribution in [1.82, 2.24) is 9.21 Å². The Labute approximate surface area is 173 Å². The molecule has 2 aliphatic rings. The summed E-state index contributed by atoms with van der Waals surface area (Å²) in [6.07, 6.45) is 2.97. The molecule has 1 unspecified atom stereocenters. The van der Waals surface area contributed by atoms with Crippen LogP contribution in [0, 0.1) is 5.82 Å². The molecule has 0 spiro atoms. The van der Waals surface area contributed by atoms with Crippen LogP contribution in [-0.2, 0) is 21.4 Å². The van der Waals surface area contributed by atoms with E-state index in [2.05, 4.69) is 4.90 Å². The Morgan fingerprint density at radius 1 is 1.21 bits per heavy atom. The van der Waals surface area contributed by atoms with Gasteiger partial charge in [0.1, 0.15) is 5.82 Å². The lowest BCUT2D eigenvalue weighted by molar-refractivity contribution is -0.129. The third-order valence-corrected chi connectivity index (χ3v) is 8.65. The van der Waals surface area contributed by atoms with Gasteiger partial charge in [0.2, 0.25) is 15.9 Å². The van der Waals surface area contributed by atoms with Gasteiger partial charge >= 0.3 is 0 Å². The molecule has 162 valence electrons. The minimum atomic E-state index is -3.40. The number of piperazine rings is 1. The Kier molecular flexibility index (Phi) is 6.83. The normalized spacial score (nSPS) is 25.7. The molecular formula is C21H32FN3O3S. The van der Waals surface area contributed by atoms with Crippen LogP contribution in [0.15, 0.2) is 18.2 Å². The quantitative estimate of drug-likeness (QED) is 0.744. The van der Waals surface area contributed by atoms with Gasteiger partial charge in [-0.3, -0.25) is 4.79 Å². The summed E-state index contributed by atoms with van der Waals surface area (Å²) in [5, 5.41) is -0.370. The number of carbonyl (C=O) groups is 1. The fraction of sp³-hybridized carbons (Fsp3) is 0.667. The second-order valence-electron chi connectivity index (χ2n) is 8.19. The van der Waals surface area contributed by atoms with Gasteiger partial charge in [-0.05, 0) is 38.3 Å². The van der Waals surface area contributed by atoms with Crippen molar-refractivity contribution < 1.29 is 17.6 Å². The van der Waals surface area contributed by atoms with Crippen LogP contribution < -0.4 is 4.90 Å². The molecule has 29 heavy (non-hydrogen) atoms. The zero-order chi connectivity index (χ0) is 21.2. The number of hydrogen-bond acceptors (Lipinski definition) is 4. The van der Waals surface area contributed by atoms with Crippen molar-refractivity contribution in [2.24, 2.45) is 0 Å². The van der Waals surface area contributed by atoms with Gasteiger partial charge in [-0.25, -0.2) is 12.8 Å². The summed E-state index contributed by atoms with van der Waals surface area (Å²) in [6, 6.07) is 5.15. The molecular weight excluding hydrogens is 393 g/mol. The monoisotopic (exact) mass is 425 g/mol. The average Bonchev–Trinajstić information content (AvgIpc) is 2.81. The van der Waals surface area contributed by atoms with E-state index in [1.54, 1.807) is 17.9 Å². The molecule has 2 aliphatic heterocycles. The van der Waals surface area contributed by atoms with Crippen molar-refractivity contribution in [2.75, 3.05) is 31.1 Å². The molecule has 3 rings (SSSR count). The Morgan fingerprint density at radius 2 is 1.97 bits per heavy atom. The summed E-state index contributed by atoms with van der Waals surface area (Å²) in [4.78, 5) is 15.5. The second-order valence-corrected chi connectivity index (χ2v) is 10.4. The number of nitrogens with zero attached hydrogens (tertiary/aromatic N) is 3. The van der Waals surface area contributed by atoms with Gasteiger partial charge in [-0.1, -0.05) is 19.4 Å². The molecule has 0 saturated carbocycles. The maximum absolute atomic E-state index is 14.9. The number of anilines is 1. The minimum absolute atomic E-state index is 0.0575. The SMILES string of the molecule is CCC1CCCCN(Cc2ccc(N3CCN(C(C)=O)C[C@@H]3C)cc2F)S1(=O)=O. The Balaban J connectivity index is 1.75. The van der Waals surface area contributed by atoms with Crippen molar-refractivity contribution in [3.63, 3.8) is 0 Å². The fourth-order valence-corrected chi connectivity index (χ4v) is 6.40. The standard InChI is InChI=1S/C21H32FN3O3S/c1-4-20-7-5-6-10-24(29(20,27)28)15-18-8-9-19(13-21(18)22)25-12-11-23(17(3)26)14-16(25)2/h8-9,13,16,20H,4-7,10-12,14-15H2,1-3H3/t16-,20?/m0/s1. The molecule has 0 aliphatic carbocycles. The molecule has 2 atom stereocenters. The van der Waals surface area contributed by atoms with Gasteiger partial charge in [0.25, 0.3) is 0 Å². The van der Waals surface area contributed by atoms with E-state index in [0.29, 0.717) is 44.6 Å². The van der Waals surface area contributed by atoms with E-state index in [1.165, 1.54) is 10.4 Å². The summed E-state index contributed by atoms with van der Waals surface area (Å²) in [6.45, 7) is 7.90. The van der Waals surface area contributed by atoms with Crippen LogP contribution in [0.4, 0.5) is 10.1 Å². The summed E-state index contributed by atoms with van der Waals surface area (Å²) in [5.41, 5.74) is 1.18. The molecule has 8 heteroatoms. The van der Waals surface area contributed by atoms with E-state index in [4.69, 9.17) is 0 Å². The van der Waals surface area contributed by atoms with Crippen molar-refractivity contribution in [3.8, 4) is 0 Å². The van der Waals surface area contributed by atoms with E-state index in [0.717, 1.165) is 18.5 Å². The first kappa shape index (κ1) is 22.0. The van der Waals surface area contributed by atoms with Crippen LogP contribution in [0.5, 0.6) is 0 Å². The first-order valence-corrected chi connectivity index (χ1v) is 12.0. The third kappa shape index (κ3) is 4.74. The highest BCUT2D eigenvalue weighted by Crippen LogP contribution is 2.28. The number of halogens is 1. The molecule has 1 amide bonds. The van der Waals surface area contributed by atoms with Crippen LogP contribution in [0.1, 0.15) is 52.0 Å². The van der Waals surface area contributed by atoms with E-state index in [1.807, 2.05) is 19.9 Å². The van der Waals surface area contributed by atoms with Crippen molar-refractivity contribution >= 4 is 21.6 Å². The molecule has 2 fully saturated rings. The predicted molar refractivity (Wildman–Crippen MR) is 113 cm³/mol. The number of benzene rings is 1. The lowest BCUT2D eigenvalue weighted by atomic mass is 10.1. The zero-order valence-electron chi connectivity index (χ0n) is 17.6. The minimum Gasteiger partial charge on any atom is -0.365 e. The predicted octanol–water partition coefficient (Wildman–Crippen LogP) is 2.98. The number of rotatable bonds is 4. The highest BCUT2D eigenvalue weighted by molar-refractivity contribution is 7.89. The number of amides is 1. The average molecular weight is 426 g/mol. The van der Waals surface area contributed by atoms with Crippen LogP contribution in [0.2, 0.25) is 0 Å². The van der Waals surface area contributed by atoms with E-state index >= 15 is 0 Å². The maximum Gasteiger partial charge on any atom is 0.219 e. The van der Waals surface area contributed by atoms with Gasteiger partial charge in [0.15, 0.2) is 0 Å². The zero-order valence-corrected chi connectivity index (χ0v) is 18.4. The Hall–Kier alpha value is -1.67. The van der Waals surface area contributed by atoms with Crippen LogP contribution >= 0.6 is 0 Å². The summed E-state index contributed by atoms with van der Waals surface area (Å²) >= 11 is 0. The van der Waals surface area contributed by atoms with E-state index in [-0.39, 0.29) is 29.6 Å². The fourth-order valence-electron chi connectivity index (χ4n) is 4.39. The number of sulfonamides is 1. The first-order valence-electron chi connectivity index (χ1n) is 10.5. The Morgan fingerprint density at radius 3 is 2.59 bits per heavy atom. The lowest BCUT2D eigenvalue weighted by Crippen LogP contribution is -2.53. The summed E-state index contributed by atoms with van der Waals surface area (Å²) in [7, 11) is -3.40. The molecule has 0 aromatic heterocycles. The molecule has 0 bridgehead atoms. The van der Waals surface area contributed by atoms with Gasteiger partial charge in [0, 0.05) is 56.9 Å². The first-order chi connectivity index (χ1) is 13.7. The van der Waals surface area contributed by atoms with Gasteiger partial charge in [0.05, 0.1) is 5.25 Å². The lowest BCUT2D eigenvalue weighted by Gasteiger charge is -2.41. The van der Waals surface area contributed by atoms with Crippen LogP contribution in [0.25, 0.3) is 0 Å². The van der Waals surface area contributed by atoms with Crippen molar-refractivity contribution in [1.29, 1.82) is 0 Å². The van der Waals surface area contributed by atoms with Crippen molar-refractivity contribution in [3.05, 3.63) is 29.6 Å². The van der Waals surface area contributed by atoms with E-state index < -0.39 is 10.0 Å². The molecule has 2 saturated heterocycles. The summed E-state index contributed by atoms with van der Waals surface area (Å²) < 4.78 is 42.1. The van der Waals surface area contributed by atoms with Gasteiger partial charge in [-0.15, -0.1) is 0 Å². The van der Waals surface area contributed by atoms with Gasteiger partial charge < -0.3 is 9.80 Å². The van der Waals surface area contributed by atoms with E-state index in [9.17, 15) is 17.6 Å². The van der Waals surface area contributed by atoms with Crippen LogP contribution in [0.3, 0.4) is 0 Å². The second kappa shape index (κ2) is 9.00. The topological polar surface area (TPSA) is 60.9 Å². The highest BCUT2D eigenvalue weighted by Gasteiger charge is 2.33. The number of hydrogen-bond donors (Lipinski definition) is 0. The highest BCUT2D eigenvalue weighted by atomic mass is 32.2. The smallest absolute Gasteiger partial charge is 0.219 e.